The largest absolute Gasteiger partial charge is 0.478 e. The van der Waals surface area contributed by atoms with Crippen molar-refractivity contribution in [2.75, 3.05) is 31.7 Å². The van der Waals surface area contributed by atoms with E-state index < -0.39 is 11.8 Å². The summed E-state index contributed by atoms with van der Waals surface area (Å²) in [6, 6.07) is 4.30. The van der Waals surface area contributed by atoms with Gasteiger partial charge in [0.15, 0.2) is 0 Å². The van der Waals surface area contributed by atoms with Gasteiger partial charge < -0.3 is 14.7 Å². The molecule has 0 spiro atoms. The summed E-state index contributed by atoms with van der Waals surface area (Å²) < 4.78 is 18.8. The first-order chi connectivity index (χ1) is 9.11. The molecule has 1 atom stereocenters. The number of benzene rings is 1. The summed E-state index contributed by atoms with van der Waals surface area (Å²) in [5, 5.41) is 8.81. The molecule has 19 heavy (non-hydrogen) atoms. The fraction of sp³-hybridized carbons (Fsp3) is 0.500. The number of carboxylic acids is 1. The smallest absolute Gasteiger partial charge is 0.338 e. The predicted molar refractivity (Wildman–Crippen MR) is 70.2 cm³/mol. The molecule has 0 amide bonds. The van der Waals surface area contributed by atoms with E-state index in [0.717, 1.165) is 31.6 Å². The number of rotatable bonds is 4. The van der Waals surface area contributed by atoms with Crippen LogP contribution in [0.4, 0.5) is 10.1 Å². The second-order valence-electron chi connectivity index (χ2n) is 4.88. The first-order valence-corrected chi connectivity index (χ1v) is 6.38. The molecule has 104 valence electrons. The number of hydrogen-bond acceptors (Lipinski definition) is 3. The molecular formula is C14H18FNO3. The molecule has 1 aromatic rings. The zero-order valence-corrected chi connectivity index (χ0v) is 10.9. The maximum absolute atomic E-state index is 13.7. The fourth-order valence-corrected chi connectivity index (χ4v) is 2.55. The van der Waals surface area contributed by atoms with Crippen molar-refractivity contribution < 1.29 is 19.0 Å². The molecule has 1 N–H and O–H groups in total. The van der Waals surface area contributed by atoms with Crippen molar-refractivity contribution in [3.8, 4) is 0 Å². The average molecular weight is 267 g/mol. The number of aromatic carboxylic acids is 1. The average Bonchev–Trinajstić information content (AvgIpc) is 2.39. The highest BCUT2D eigenvalue weighted by Gasteiger charge is 2.21. The summed E-state index contributed by atoms with van der Waals surface area (Å²) in [5.41, 5.74) is 0.456. The number of methoxy groups -OCH3 is 1. The third-order valence-electron chi connectivity index (χ3n) is 3.47. The van der Waals surface area contributed by atoms with Crippen LogP contribution in [0.3, 0.4) is 0 Å². The zero-order chi connectivity index (χ0) is 13.8. The summed E-state index contributed by atoms with van der Waals surface area (Å²) in [4.78, 5) is 12.9. The van der Waals surface area contributed by atoms with Crippen LogP contribution >= 0.6 is 0 Å². The Bertz CT molecular complexity index is 462. The van der Waals surface area contributed by atoms with Gasteiger partial charge in [0.05, 0.1) is 12.2 Å². The molecule has 1 fully saturated rings. The minimum absolute atomic E-state index is 0.283. The molecule has 1 aliphatic heterocycles. The molecule has 1 saturated heterocycles. The van der Waals surface area contributed by atoms with E-state index in [2.05, 4.69) is 4.90 Å². The summed E-state index contributed by atoms with van der Waals surface area (Å²) >= 11 is 0. The summed E-state index contributed by atoms with van der Waals surface area (Å²) in [6.45, 7) is 2.39. The second-order valence-corrected chi connectivity index (χ2v) is 4.88. The summed E-state index contributed by atoms with van der Waals surface area (Å²) in [5.74, 6) is -1.47. The van der Waals surface area contributed by atoms with Crippen LogP contribution in [0.1, 0.15) is 23.2 Å². The Morgan fingerprint density at radius 2 is 2.37 bits per heavy atom. The van der Waals surface area contributed by atoms with Gasteiger partial charge in [0, 0.05) is 25.9 Å². The Labute approximate surface area is 111 Å². The zero-order valence-electron chi connectivity index (χ0n) is 10.9. The van der Waals surface area contributed by atoms with Crippen molar-refractivity contribution in [1.29, 1.82) is 0 Å². The van der Waals surface area contributed by atoms with Gasteiger partial charge in [0.2, 0.25) is 0 Å². The first kappa shape index (κ1) is 13.8. The lowest BCUT2D eigenvalue weighted by Crippen LogP contribution is -2.37. The minimum Gasteiger partial charge on any atom is -0.478 e. The maximum atomic E-state index is 13.7. The normalized spacial score (nSPS) is 19.5. The molecule has 1 aromatic carbocycles. The van der Waals surface area contributed by atoms with Crippen LogP contribution in [0.25, 0.3) is 0 Å². The highest BCUT2D eigenvalue weighted by molar-refractivity contribution is 5.88. The highest BCUT2D eigenvalue weighted by Crippen LogP contribution is 2.25. The van der Waals surface area contributed by atoms with Crippen LogP contribution in [0.15, 0.2) is 18.2 Å². The maximum Gasteiger partial charge on any atom is 0.338 e. The van der Waals surface area contributed by atoms with Crippen molar-refractivity contribution in [3.63, 3.8) is 0 Å². The second kappa shape index (κ2) is 6.02. The number of ether oxygens (including phenoxy) is 1. The number of anilines is 1. The molecule has 0 radical (unpaired) electrons. The van der Waals surface area contributed by atoms with E-state index in [1.165, 1.54) is 12.1 Å². The lowest BCUT2D eigenvalue weighted by Gasteiger charge is -2.34. The Hall–Kier alpha value is -1.62. The quantitative estimate of drug-likeness (QED) is 0.910. The molecule has 1 heterocycles. The standard InChI is InChI=1S/C14H18FNO3/c1-19-9-10-3-2-6-16(8-10)11-4-5-12(14(17)18)13(15)7-11/h4-5,7,10H,2-3,6,8-9H2,1H3,(H,17,18). The van der Waals surface area contributed by atoms with Crippen LogP contribution in [-0.4, -0.2) is 37.9 Å². The third-order valence-corrected chi connectivity index (χ3v) is 3.47. The van der Waals surface area contributed by atoms with E-state index in [-0.39, 0.29) is 5.56 Å². The molecule has 4 nitrogen and oxygen atoms in total. The molecule has 5 heteroatoms. The van der Waals surface area contributed by atoms with Gasteiger partial charge in [-0.25, -0.2) is 9.18 Å². The van der Waals surface area contributed by atoms with Gasteiger partial charge in [0.25, 0.3) is 0 Å². The van der Waals surface area contributed by atoms with Gasteiger partial charge in [0.1, 0.15) is 5.82 Å². The Morgan fingerprint density at radius 3 is 3.00 bits per heavy atom. The third kappa shape index (κ3) is 3.23. The minimum atomic E-state index is -1.24. The van der Waals surface area contributed by atoms with Crippen LogP contribution in [0, 0.1) is 11.7 Å². The van der Waals surface area contributed by atoms with Crippen molar-refractivity contribution in [1.82, 2.24) is 0 Å². The van der Waals surface area contributed by atoms with Crippen LogP contribution in [-0.2, 0) is 4.74 Å². The molecular weight excluding hydrogens is 249 g/mol. The Morgan fingerprint density at radius 1 is 1.58 bits per heavy atom. The van der Waals surface area contributed by atoms with Gasteiger partial charge in [-0.3, -0.25) is 0 Å². The van der Waals surface area contributed by atoms with E-state index in [0.29, 0.717) is 12.5 Å². The number of carbonyl (C=O) groups is 1. The topological polar surface area (TPSA) is 49.8 Å². The van der Waals surface area contributed by atoms with E-state index >= 15 is 0 Å². The van der Waals surface area contributed by atoms with Gasteiger partial charge in [-0.1, -0.05) is 0 Å². The molecule has 2 rings (SSSR count). The van der Waals surface area contributed by atoms with Crippen LogP contribution < -0.4 is 4.90 Å². The van der Waals surface area contributed by atoms with Crippen molar-refractivity contribution in [2.45, 2.75) is 12.8 Å². The predicted octanol–water partition coefficient (Wildman–Crippen LogP) is 2.39. The number of hydrogen-bond donors (Lipinski definition) is 1. The Kier molecular flexibility index (Phi) is 4.37. The molecule has 0 aromatic heterocycles. The lowest BCUT2D eigenvalue weighted by molar-refractivity contribution is 0.0692. The number of halogens is 1. The molecule has 1 aliphatic rings. The first-order valence-electron chi connectivity index (χ1n) is 6.38. The van der Waals surface area contributed by atoms with Crippen molar-refractivity contribution in [3.05, 3.63) is 29.6 Å². The molecule has 0 bridgehead atoms. The number of nitrogens with zero attached hydrogens (tertiary/aromatic N) is 1. The van der Waals surface area contributed by atoms with Gasteiger partial charge in [-0.15, -0.1) is 0 Å². The highest BCUT2D eigenvalue weighted by atomic mass is 19.1. The van der Waals surface area contributed by atoms with E-state index in [9.17, 15) is 9.18 Å². The van der Waals surface area contributed by atoms with Crippen molar-refractivity contribution in [2.24, 2.45) is 5.92 Å². The monoisotopic (exact) mass is 267 g/mol. The Balaban J connectivity index is 2.13. The number of carboxylic acid groups (broad SMARTS) is 1. The van der Waals surface area contributed by atoms with E-state index in [4.69, 9.17) is 9.84 Å². The fourth-order valence-electron chi connectivity index (χ4n) is 2.55. The van der Waals surface area contributed by atoms with Crippen LogP contribution in [0.5, 0.6) is 0 Å². The summed E-state index contributed by atoms with van der Waals surface area (Å²) in [7, 11) is 1.68. The van der Waals surface area contributed by atoms with Gasteiger partial charge >= 0.3 is 5.97 Å². The van der Waals surface area contributed by atoms with E-state index in [1.54, 1.807) is 13.2 Å². The van der Waals surface area contributed by atoms with Gasteiger partial charge in [-0.2, -0.15) is 0 Å². The SMILES string of the molecule is COCC1CCCN(c2ccc(C(=O)O)c(F)c2)C1. The van der Waals surface area contributed by atoms with E-state index in [1.807, 2.05) is 0 Å². The molecule has 1 unspecified atom stereocenters. The number of piperidine rings is 1. The van der Waals surface area contributed by atoms with Crippen LogP contribution in [0.2, 0.25) is 0 Å². The molecule has 0 aliphatic carbocycles. The summed E-state index contributed by atoms with van der Waals surface area (Å²) in [6.07, 6.45) is 2.15. The van der Waals surface area contributed by atoms with Gasteiger partial charge in [-0.05, 0) is 37.0 Å². The molecule has 0 saturated carbocycles. The van der Waals surface area contributed by atoms with Crippen molar-refractivity contribution >= 4 is 11.7 Å². The lowest BCUT2D eigenvalue weighted by atomic mass is 9.98.